The second kappa shape index (κ2) is 11.3. The summed E-state index contributed by atoms with van der Waals surface area (Å²) < 4.78 is 30.3. The molecule has 1 aromatic rings. The van der Waals surface area contributed by atoms with Crippen LogP contribution in [-0.2, 0) is 0 Å². The van der Waals surface area contributed by atoms with Gasteiger partial charge in [0, 0.05) is 5.92 Å². The van der Waals surface area contributed by atoms with E-state index in [2.05, 4.69) is 32.1 Å². The number of halogens is 2. The Morgan fingerprint density at radius 3 is 2.06 bits per heavy atom. The molecule has 3 saturated carbocycles. The predicted molar refractivity (Wildman–Crippen MR) is 143 cm³/mol. The second-order valence-electron chi connectivity index (χ2n) is 12.6. The van der Waals surface area contributed by atoms with Crippen molar-refractivity contribution in [3.05, 3.63) is 58.7 Å². The highest BCUT2D eigenvalue weighted by atomic mass is 19.1. The molecule has 35 heavy (non-hydrogen) atoms. The Morgan fingerprint density at radius 1 is 0.771 bits per heavy atom. The van der Waals surface area contributed by atoms with Gasteiger partial charge in [0.2, 0.25) is 0 Å². The summed E-state index contributed by atoms with van der Waals surface area (Å²) in [4.78, 5) is 0. The van der Waals surface area contributed by atoms with Crippen LogP contribution < -0.4 is 0 Å². The van der Waals surface area contributed by atoms with Gasteiger partial charge >= 0.3 is 0 Å². The fourth-order valence-electron chi connectivity index (χ4n) is 7.86. The molecular weight excluding hydrogens is 434 g/mol. The van der Waals surface area contributed by atoms with E-state index in [0.717, 1.165) is 49.5 Å². The van der Waals surface area contributed by atoms with E-state index in [-0.39, 0.29) is 17.6 Å². The molecule has 4 aliphatic carbocycles. The van der Waals surface area contributed by atoms with Crippen LogP contribution >= 0.6 is 0 Å². The Balaban J connectivity index is 1.15. The lowest BCUT2D eigenvalue weighted by Crippen LogP contribution is -2.24. The summed E-state index contributed by atoms with van der Waals surface area (Å²) in [6, 6.07) is 6.16. The first-order valence-corrected chi connectivity index (χ1v) is 14.9. The Morgan fingerprint density at radius 2 is 1.43 bits per heavy atom. The Labute approximate surface area is 212 Å². The Kier molecular flexibility index (Phi) is 8.15. The third-order valence-electron chi connectivity index (χ3n) is 10.5. The van der Waals surface area contributed by atoms with Crippen LogP contribution in [-0.4, -0.2) is 0 Å². The van der Waals surface area contributed by atoms with Crippen LogP contribution in [0.25, 0.3) is 0 Å². The van der Waals surface area contributed by atoms with Crippen LogP contribution in [0.5, 0.6) is 0 Å². The number of rotatable bonds is 5. The maximum Gasteiger partial charge on any atom is 0.126 e. The van der Waals surface area contributed by atoms with Crippen molar-refractivity contribution in [3.63, 3.8) is 0 Å². The molecule has 1 unspecified atom stereocenters. The highest BCUT2D eigenvalue weighted by Crippen LogP contribution is 2.45. The van der Waals surface area contributed by atoms with Gasteiger partial charge in [-0.15, -0.1) is 0 Å². The molecule has 0 spiro atoms. The lowest BCUT2D eigenvalue weighted by atomic mass is 9.71. The van der Waals surface area contributed by atoms with Gasteiger partial charge in [-0.2, -0.15) is 0 Å². The summed E-state index contributed by atoms with van der Waals surface area (Å²) in [5, 5.41) is 0. The van der Waals surface area contributed by atoms with E-state index in [1.165, 1.54) is 68.9 Å². The SMILES string of the molecule is CCC1CCC(c2ccc(C3CCC(C4=CCC(C5CCC(C)CC5)C(F)=C4)CC3)c(F)c2)CC1. The molecule has 0 nitrogen and oxygen atoms in total. The van der Waals surface area contributed by atoms with Crippen molar-refractivity contribution in [1.82, 2.24) is 0 Å². The van der Waals surface area contributed by atoms with Crippen molar-refractivity contribution in [2.75, 3.05) is 0 Å². The van der Waals surface area contributed by atoms with E-state index in [1.54, 1.807) is 0 Å². The fraction of sp³-hybridized carbons (Fsp3) is 0.697. The van der Waals surface area contributed by atoms with Gasteiger partial charge in [-0.05, 0) is 135 Å². The van der Waals surface area contributed by atoms with Gasteiger partial charge in [0.1, 0.15) is 11.6 Å². The van der Waals surface area contributed by atoms with Gasteiger partial charge in [0.15, 0.2) is 0 Å². The van der Waals surface area contributed by atoms with Gasteiger partial charge in [-0.25, -0.2) is 8.78 Å². The minimum atomic E-state index is 0.0102. The summed E-state index contributed by atoms with van der Waals surface area (Å²) in [5.74, 6) is 3.77. The van der Waals surface area contributed by atoms with Crippen molar-refractivity contribution in [2.45, 2.75) is 116 Å². The monoisotopic (exact) mass is 480 g/mol. The Bertz CT molecular complexity index is 903. The van der Waals surface area contributed by atoms with Crippen LogP contribution in [0.4, 0.5) is 8.78 Å². The van der Waals surface area contributed by atoms with E-state index in [4.69, 9.17) is 0 Å². The lowest BCUT2D eigenvalue weighted by Gasteiger charge is -2.35. The zero-order valence-corrected chi connectivity index (χ0v) is 22.1. The van der Waals surface area contributed by atoms with E-state index < -0.39 is 0 Å². The standard InChI is InChI=1S/C33H46F2/c1-3-23-6-10-24(11-7-23)28-16-19-31(33(35)20-28)27-14-12-25(13-15-27)29-17-18-30(32(34)21-29)26-8-4-22(2)5-9-26/h16-17,19-27,30H,3-15,18H2,1-2H3. The molecular formula is C33H46F2. The molecule has 2 heteroatoms. The zero-order valence-electron chi connectivity index (χ0n) is 22.1. The van der Waals surface area contributed by atoms with Crippen LogP contribution in [0.3, 0.4) is 0 Å². The van der Waals surface area contributed by atoms with Crippen LogP contribution in [0.2, 0.25) is 0 Å². The van der Waals surface area contributed by atoms with Gasteiger partial charge in [0.05, 0.1) is 0 Å². The highest BCUT2D eigenvalue weighted by Gasteiger charge is 2.33. The Hall–Kier alpha value is -1.44. The predicted octanol–water partition coefficient (Wildman–Crippen LogP) is 10.4. The maximum absolute atomic E-state index is 15.2. The number of allylic oxidation sites excluding steroid dienone is 4. The van der Waals surface area contributed by atoms with E-state index in [1.807, 2.05) is 12.1 Å². The number of hydrogen-bond acceptors (Lipinski definition) is 0. The van der Waals surface area contributed by atoms with Gasteiger partial charge in [-0.3, -0.25) is 0 Å². The zero-order chi connectivity index (χ0) is 24.4. The van der Waals surface area contributed by atoms with Crippen molar-refractivity contribution in [3.8, 4) is 0 Å². The summed E-state index contributed by atoms with van der Waals surface area (Å²) in [6.45, 7) is 4.62. The summed E-state index contributed by atoms with van der Waals surface area (Å²) in [5.41, 5.74) is 3.35. The van der Waals surface area contributed by atoms with E-state index in [0.29, 0.717) is 23.7 Å². The number of benzene rings is 1. The minimum Gasteiger partial charge on any atom is -0.211 e. The van der Waals surface area contributed by atoms with Crippen molar-refractivity contribution in [2.24, 2.45) is 29.6 Å². The average Bonchev–Trinajstić information content (AvgIpc) is 2.89. The first kappa shape index (κ1) is 25.2. The van der Waals surface area contributed by atoms with Crippen LogP contribution in [0, 0.1) is 35.4 Å². The molecule has 1 atom stereocenters. The molecule has 5 rings (SSSR count). The molecule has 0 N–H and O–H groups in total. The molecule has 3 fully saturated rings. The lowest BCUT2D eigenvalue weighted by molar-refractivity contribution is 0.212. The molecule has 0 radical (unpaired) electrons. The smallest absolute Gasteiger partial charge is 0.126 e. The summed E-state index contributed by atoms with van der Waals surface area (Å²) in [7, 11) is 0. The van der Waals surface area contributed by atoms with Crippen molar-refractivity contribution >= 4 is 0 Å². The third kappa shape index (κ3) is 5.78. The molecule has 0 saturated heterocycles. The molecule has 0 amide bonds. The first-order chi connectivity index (χ1) is 17.0. The summed E-state index contributed by atoms with van der Waals surface area (Å²) >= 11 is 0. The minimum absolute atomic E-state index is 0.0102. The normalized spacial score (nSPS) is 36.4. The van der Waals surface area contributed by atoms with Crippen molar-refractivity contribution < 1.29 is 8.78 Å². The number of hydrogen-bond donors (Lipinski definition) is 0. The molecule has 0 bridgehead atoms. The molecule has 4 aliphatic rings. The average molecular weight is 481 g/mol. The molecule has 192 valence electrons. The van der Waals surface area contributed by atoms with Crippen LogP contribution in [0.15, 0.2) is 41.8 Å². The second-order valence-corrected chi connectivity index (χ2v) is 12.6. The fourth-order valence-corrected chi connectivity index (χ4v) is 7.86. The van der Waals surface area contributed by atoms with E-state index >= 15 is 8.78 Å². The quantitative estimate of drug-likeness (QED) is 0.393. The molecule has 0 heterocycles. The largest absolute Gasteiger partial charge is 0.211 e. The van der Waals surface area contributed by atoms with Gasteiger partial charge in [-0.1, -0.05) is 51.3 Å². The molecule has 0 aromatic heterocycles. The van der Waals surface area contributed by atoms with Crippen LogP contribution in [0.1, 0.15) is 127 Å². The topological polar surface area (TPSA) is 0 Å². The first-order valence-electron chi connectivity index (χ1n) is 14.9. The van der Waals surface area contributed by atoms with Crippen molar-refractivity contribution in [1.29, 1.82) is 0 Å². The highest BCUT2D eigenvalue weighted by molar-refractivity contribution is 5.32. The maximum atomic E-state index is 15.2. The van der Waals surface area contributed by atoms with Gasteiger partial charge in [0.25, 0.3) is 0 Å². The van der Waals surface area contributed by atoms with Gasteiger partial charge < -0.3 is 0 Å². The summed E-state index contributed by atoms with van der Waals surface area (Å²) in [6.07, 6.45) is 20.4. The molecule has 0 aliphatic heterocycles. The molecule has 1 aromatic carbocycles. The third-order valence-corrected chi connectivity index (χ3v) is 10.5. The van der Waals surface area contributed by atoms with E-state index in [9.17, 15) is 0 Å².